The molecule has 3 aliphatic rings. The standard InChI is InChI=1S/C23H29NO12.C3H6O/c1-8(22(32)24-13-14(27)16(29)21-20(15(13)28)33-7-34-21)5-10-3-4-12(11(26)6-10)35-23-18(31)17(30)19(36-23)9(2)25;1-2-3-4/h3-6,13-21,23,26-31H,7H2,1-2H3,(H,24,32);2,4H,1,3H2/b8-5+;/t13-,14+,15-,16-,17-,18-,19+,20+,21-,23+;/m0./s1. The van der Waals surface area contributed by atoms with Crippen molar-refractivity contribution < 1.29 is 64.3 Å². The first kappa shape index (κ1) is 31.6. The highest BCUT2D eigenvalue weighted by Crippen LogP contribution is 2.33. The van der Waals surface area contributed by atoms with Crippen LogP contribution in [0.25, 0.3) is 6.08 Å². The Bertz CT molecular complexity index is 1090. The predicted molar refractivity (Wildman–Crippen MR) is 136 cm³/mol. The number of aromatic hydroxyl groups is 1. The van der Waals surface area contributed by atoms with Crippen molar-refractivity contribution in [2.24, 2.45) is 0 Å². The number of carbonyl (C=O) groups excluding carboxylic acids is 2. The minimum absolute atomic E-state index is 0.0833. The molecule has 10 atom stereocenters. The van der Waals surface area contributed by atoms with Crippen LogP contribution in [0.15, 0.2) is 36.4 Å². The maximum Gasteiger partial charge on any atom is 0.247 e. The molecular weight excluding hydrogens is 534 g/mol. The Morgan fingerprint density at radius 2 is 1.65 bits per heavy atom. The molecule has 8 N–H and O–H groups in total. The molecule has 0 unspecified atom stereocenters. The van der Waals surface area contributed by atoms with Gasteiger partial charge in [0.05, 0.1) is 12.6 Å². The lowest BCUT2D eigenvalue weighted by Crippen LogP contribution is -2.67. The Morgan fingerprint density at radius 1 is 1.02 bits per heavy atom. The maximum absolute atomic E-state index is 12.7. The topological polar surface area (TPSA) is 225 Å². The second-order valence-corrected chi connectivity index (χ2v) is 9.51. The van der Waals surface area contributed by atoms with Gasteiger partial charge in [0.15, 0.2) is 17.3 Å². The molecule has 14 nitrogen and oxygen atoms in total. The van der Waals surface area contributed by atoms with E-state index in [0.717, 1.165) is 0 Å². The quantitative estimate of drug-likeness (QED) is 0.128. The molecule has 0 spiro atoms. The third kappa shape index (κ3) is 6.86. The van der Waals surface area contributed by atoms with Gasteiger partial charge in [-0.2, -0.15) is 0 Å². The first-order chi connectivity index (χ1) is 18.9. The van der Waals surface area contributed by atoms with E-state index in [1.165, 1.54) is 44.2 Å². The van der Waals surface area contributed by atoms with E-state index in [2.05, 4.69) is 11.9 Å². The van der Waals surface area contributed by atoms with Crippen LogP contribution in [0, 0.1) is 0 Å². The SMILES string of the molecule is C=CCO.CC(=O)[C@H]1O[C@@H](Oc2ccc(/C=C(\C)C(=O)N[C@H]3[C@@H](O)[C@H](O)[C@@H]4OCO[C@@H]4[C@H]3O)cc2O)[C@@H](O)[C@@H]1O. The summed E-state index contributed by atoms with van der Waals surface area (Å²) in [5.74, 6) is -1.59. The van der Waals surface area contributed by atoms with Crippen LogP contribution < -0.4 is 10.1 Å². The fraction of sp³-hybridized carbons (Fsp3) is 0.538. The first-order valence-electron chi connectivity index (χ1n) is 12.4. The second-order valence-electron chi connectivity index (χ2n) is 9.51. The molecule has 2 heterocycles. The molecule has 1 saturated carbocycles. The summed E-state index contributed by atoms with van der Waals surface area (Å²) in [6.07, 6.45) is -8.75. The van der Waals surface area contributed by atoms with Gasteiger partial charge in [0, 0.05) is 5.57 Å². The molecule has 0 aromatic heterocycles. The van der Waals surface area contributed by atoms with Crippen molar-refractivity contribution >= 4 is 17.8 Å². The van der Waals surface area contributed by atoms with Gasteiger partial charge in [0.1, 0.15) is 55.6 Å². The number of nitrogens with one attached hydrogen (secondary N) is 1. The Balaban J connectivity index is 0.00000103. The molecule has 0 bridgehead atoms. The minimum Gasteiger partial charge on any atom is -0.504 e. The molecule has 1 amide bonds. The van der Waals surface area contributed by atoms with Crippen LogP contribution >= 0.6 is 0 Å². The highest BCUT2D eigenvalue weighted by Gasteiger charge is 2.53. The van der Waals surface area contributed by atoms with Gasteiger partial charge in [0.25, 0.3) is 0 Å². The molecule has 222 valence electrons. The molecule has 2 saturated heterocycles. The van der Waals surface area contributed by atoms with E-state index in [9.17, 15) is 40.2 Å². The number of ether oxygens (including phenoxy) is 4. The monoisotopic (exact) mass is 569 g/mol. The summed E-state index contributed by atoms with van der Waals surface area (Å²) in [6.45, 7) is 5.83. The molecule has 2 aliphatic heterocycles. The summed E-state index contributed by atoms with van der Waals surface area (Å²) in [5.41, 5.74) is 0.545. The van der Waals surface area contributed by atoms with Crippen molar-refractivity contribution in [3.63, 3.8) is 0 Å². The number of hydrogen-bond acceptors (Lipinski definition) is 13. The highest BCUT2D eigenvalue weighted by atomic mass is 16.7. The number of aliphatic hydroxyl groups excluding tert-OH is 6. The van der Waals surface area contributed by atoms with Gasteiger partial charge in [-0.1, -0.05) is 12.1 Å². The molecule has 3 fully saturated rings. The Morgan fingerprint density at radius 3 is 2.20 bits per heavy atom. The van der Waals surface area contributed by atoms with Crippen LogP contribution in [-0.2, 0) is 23.8 Å². The van der Waals surface area contributed by atoms with Crippen molar-refractivity contribution in [2.75, 3.05) is 13.4 Å². The van der Waals surface area contributed by atoms with Gasteiger partial charge in [0.2, 0.25) is 12.2 Å². The largest absolute Gasteiger partial charge is 0.504 e. The van der Waals surface area contributed by atoms with Crippen LogP contribution in [-0.4, -0.2) is 122 Å². The molecule has 1 aromatic carbocycles. The van der Waals surface area contributed by atoms with Gasteiger partial charge >= 0.3 is 0 Å². The summed E-state index contributed by atoms with van der Waals surface area (Å²) in [6, 6.07) is 2.90. The van der Waals surface area contributed by atoms with Gasteiger partial charge in [-0.3, -0.25) is 9.59 Å². The number of phenolic OH excluding ortho intramolecular Hbond substituents is 1. The molecule has 40 heavy (non-hydrogen) atoms. The number of Topliss-reactive ketones (excluding diaryl/α,β-unsaturated/α-hetero) is 1. The maximum atomic E-state index is 12.7. The van der Waals surface area contributed by atoms with Crippen LogP contribution in [0.5, 0.6) is 11.5 Å². The Labute approximate surface area is 229 Å². The number of fused-ring (bicyclic) bond motifs is 1. The normalized spacial score (nSPS) is 35.2. The summed E-state index contributed by atoms with van der Waals surface area (Å²) in [4.78, 5) is 24.2. The van der Waals surface area contributed by atoms with E-state index in [1.807, 2.05) is 0 Å². The van der Waals surface area contributed by atoms with E-state index in [0.29, 0.717) is 5.56 Å². The number of phenols is 1. The highest BCUT2D eigenvalue weighted by molar-refractivity contribution is 5.97. The average Bonchev–Trinajstić information content (AvgIpc) is 3.52. The summed E-state index contributed by atoms with van der Waals surface area (Å²) in [7, 11) is 0. The molecule has 1 aliphatic carbocycles. The van der Waals surface area contributed by atoms with E-state index in [4.69, 9.17) is 24.1 Å². The van der Waals surface area contributed by atoms with Crippen molar-refractivity contribution in [1.82, 2.24) is 5.32 Å². The number of amides is 1. The zero-order valence-corrected chi connectivity index (χ0v) is 21.9. The van der Waals surface area contributed by atoms with Crippen molar-refractivity contribution in [1.29, 1.82) is 0 Å². The minimum atomic E-state index is -1.51. The summed E-state index contributed by atoms with van der Waals surface area (Å²) < 4.78 is 21.1. The average molecular weight is 570 g/mol. The van der Waals surface area contributed by atoms with E-state index >= 15 is 0 Å². The van der Waals surface area contributed by atoms with Gasteiger partial charge in [-0.05, 0) is 37.6 Å². The lowest BCUT2D eigenvalue weighted by molar-refractivity contribution is -0.155. The summed E-state index contributed by atoms with van der Waals surface area (Å²) in [5, 5.41) is 71.6. The fourth-order valence-electron chi connectivity index (χ4n) is 4.46. The number of ketones is 1. The van der Waals surface area contributed by atoms with Crippen LogP contribution in [0.1, 0.15) is 19.4 Å². The lowest BCUT2D eigenvalue weighted by Gasteiger charge is -2.41. The van der Waals surface area contributed by atoms with Gasteiger partial charge < -0.3 is 60.0 Å². The number of hydrogen-bond donors (Lipinski definition) is 8. The van der Waals surface area contributed by atoms with Crippen molar-refractivity contribution in [2.45, 2.75) is 75.0 Å². The fourth-order valence-corrected chi connectivity index (χ4v) is 4.46. The van der Waals surface area contributed by atoms with Gasteiger partial charge in [-0.25, -0.2) is 0 Å². The molecule has 0 radical (unpaired) electrons. The number of rotatable bonds is 7. The van der Waals surface area contributed by atoms with E-state index in [1.54, 1.807) is 0 Å². The third-order valence-corrected chi connectivity index (χ3v) is 6.62. The number of benzene rings is 1. The predicted octanol–water partition coefficient (Wildman–Crippen LogP) is -2.30. The molecule has 14 heteroatoms. The van der Waals surface area contributed by atoms with Crippen LogP contribution in [0.3, 0.4) is 0 Å². The number of carbonyl (C=O) groups is 2. The van der Waals surface area contributed by atoms with Crippen LogP contribution in [0.4, 0.5) is 0 Å². The van der Waals surface area contributed by atoms with E-state index < -0.39 is 72.9 Å². The van der Waals surface area contributed by atoms with Crippen molar-refractivity contribution in [3.05, 3.63) is 42.0 Å². The summed E-state index contributed by atoms with van der Waals surface area (Å²) >= 11 is 0. The van der Waals surface area contributed by atoms with E-state index in [-0.39, 0.29) is 30.5 Å². The smallest absolute Gasteiger partial charge is 0.247 e. The van der Waals surface area contributed by atoms with Gasteiger partial charge in [-0.15, -0.1) is 6.58 Å². The molecule has 4 rings (SSSR count). The zero-order valence-electron chi connectivity index (χ0n) is 21.9. The number of aliphatic hydroxyl groups is 6. The molecular formula is C26H35NO13. The van der Waals surface area contributed by atoms with Crippen LogP contribution in [0.2, 0.25) is 0 Å². The first-order valence-corrected chi connectivity index (χ1v) is 12.4. The Kier molecular flexibility index (Phi) is 10.8. The third-order valence-electron chi connectivity index (χ3n) is 6.62. The molecule has 1 aromatic rings. The van der Waals surface area contributed by atoms with Crippen molar-refractivity contribution in [3.8, 4) is 11.5 Å². The Hall–Kier alpha value is -2.92. The zero-order chi connectivity index (χ0) is 29.7. The lowest BCUT2D eigenvalue weighted by atomic mass is 9.83. The second kappa shape index (κ2) is 13.6.